The molecule has 3 nitrogen and oxygen atoms in total. The number of nitrogen functional groups attached to an aromatic ring is 1. The molecule has 1 aromatic carbocycles. The van der Waals surface area contributed by atoms with Crippen LogP contribution < -0.4 is 5.73 Å². The van der Waals surface area contributed by atoms with Gasteiger partial charge in [0.25, 0.3) is 0 Å². The lowest BCUT2D eigenvalue weighted by Crippen LogP contribution is -2.05. The normalized spacial score (nSPS) is 10.5. The largest absolute Gasteiger partial charge is 0.383 e. The molecule has 0 radical (unpaired) electrons. The van der Waals surface area contributed by atoms with Crippen molar-refractivity contribution in [2.75, 3.05) is 5.73 Å². The van der Waals surface area contributed by atoms with E-state index >= 15 is 0 Å². The minimum absolute atomic E-state index is 0.557. The molecular weight excluding hydrogens is 234 g/mol. The fourth-order valence-corrected chi connectivity index (χ4v) is 1.70. The van der Waals surface area contributed by atoms with E-state index in [9.17, 15) is 0 Å². The first-order valence-corrected chi connectivity index (χ1v) is 5.78. The molecule has 2 aromatic rings. The zero-order valence-corrected chi connectivity index (χ0v) is 10.6. The van der Waals surface area contributed by atoms with Gasteiger partial charge >= 0.3 is 0 Å². The van der Waals surface area contributed by atoms with Gasteiger partial charge in [0.2, 0.25) is 0 Å². The highest BCUT2D eigenvalue weighted by molar-refractivity contribution is 6.30. The summed E-state index contributed by atoms with van der Waals surface area (Å²) in [6.07, 6.45) is 0.669. The van der Waals surface area contributed by atoms with Crippen LogP contribution in [0.15, 0.2) is 24.3 Å². The molecule has 0 aliphatic rings. The number of hydrogen-bond donors (Lipinski definition) is 1. The van der Waals surface area contributed by atoms with E-state index in [-0.39, 0.29) is 0 Å². The van der Waals surface area contributed by atoms with Gasteiger partial charge in [0.15, 0.2) is 0 Å². The molecule has 88 valence electrons. The summed E-state index contributed by atoms with van der Waals surface area (Å²) in [5.74, 6) is 1.30. The number of hydrogen-bond acceptors (Lipinski definition) is 3. The van der Waals surface area contributed by atoms with Crippen LogP contribution in [-0.2, 0) is 6.42 Å². The summed E-state index contributed by atoms with van der Waals surface area (Å²) in [6, 6.07) is 7.66. The Balaban J connectivity index is 2.27. The topological polar surface area (TPSA) is 51.8 Å². The monoisotopic (exact) mass is 247 g/mol. The van der Waals surface area contributed by atoms with E-state index in [1.165, 1.54) is 0 Å². The highest BCUT2D eigenvalue weighted by Crippen LogP contribution is 2.15. The van der Waals surface area contributed by atoms with E-state index in [1.54, 1.807) is 0 Å². The van der Waals surface area contributed by atoms with E-state index in [0.29, 0.717) is 12.2 Å². The van der Waals surface area contributed by atoms with Crippen molar-refractivity contribution in [3.05, 3.63) is 51.9 Å². The van der Waals surface area contributed by atoms with Gasteiger partial charge in [-0.15, -0.1) is 0 Å². The maximum absolute atomic E-state index is 5.83. The van der Waals surface area contributed by atoms with Crippen LogP contribution in [0.4, 0.5) is 5.82 Å². The van der Waals surface area contributed by atoms with Gasteiger partial charge < -0.3 is 5.73 Å². The fourth-order valence-electron chi connectivity index (χ4n) is 1.57. The Kier molecular flexibility index (Phi) is 3.29. The standard InChI is InChI=1S/C13H14ClN3/c1-8-9(2)16-12(17-13(8)15)7-10-3-5-11(14)6-4-10/h3-6H,7H2,1-2H3,(H2,15,16,17). The van der Waals surface area contributed by atoms with Gasteiger partial charge in [-0.3, -0.25) is 0 Å². The van der Waals surface area contributed by atoms with Crippen molar-refractivity contribution in [1.82, 2.24) is 9.97 Å². The third-order valence-electron chi connectivity index (χ3n) is 2.75. The average Bonchev–Trinajstić information content (AvgIpc) is 2.29. The molecule has 0 aliphatic carbocycles. The molecule has 2 rings (SSSR count). The fraction of sp³-hybridized carbons (Fsp3) is 0.231. The molecule has 0 fully saturated rings. The lowest BCUT2D eigenvalue weighted by atomic mass is 10.1. The first-order valence-electron chi connectivity index (χ1n) is 5.40. The molecule has 1 aromatic heterocycles. The summed E-state index contributed by atoms with van der Waals surface area (Å²) >= 11 is 5.83. The van der Waals surface area contributed by atoms with Gasteiger partial charge in [0.05, 0.1) is 0 Å². The highest BCUT2D eigenvalue weighted by atomic mass is 35.5. The van der Waals surface area contributed by atoms with Gasteiger partial charge in [-0.2, -0.15) is 0 Å². The molecule has 2 N–H and O–H groups in total. The average molecular weight is 248 g/mol. The van der Waals surface area contributed by atoms with E-state index in [0.717, 1.165) is 27.7 Å². The molecule has 0 bridgehead atoms. The smallest absolute Gasteiger partial charge is 0.135 e. The molecule has 4 heteroatoms. The van der Waals surface area contributed by atoms with Crippen LogP contribution in [0.3, 0.4) is 0 Å². The zero-order chi connectivity index (χ0) is 12.4. The first kappa shape index (κ1) is 11.9. The quantitative estimate of drug-likeness (QED) is 0.888. The molecule has 0 amide bonds. The molecule has 17 heavy (non-hydrogen) atoms. The minimum atomic E-state index is 0.557. The lowest BCUT2D eigenvalue weighted by molar-refractivity contribution is 0.934. The predicted molar refractivity (Wildman–Crippen MR) is 70.2 cm³/mol. The van der Waals surface area contributed by atoms with Crippen molar-refractivity contribution < 1.29 is 0 Å². The van der Waals surface area contributed by atoms with Gasteiger partial charge in [-0.25, -0.2) is 9.97 Å². The zero-order valence-electron chi connectivity index (χ0n) is 9.87. The van der Waals surface area contributed by atoms with Gasteiger partial charge in [-0.05, 0) is 31.5 Å². The van der Waals surface area contributed by atoms with E-state index < -0.39 is 0 Å². The SMILES string of the molecule is Cc1nc(Cc2ccc(Cl)cc2)nc(N)c1C. The van der Waals surface area contributed by atoms with Crippen LogP contribution >= 0.6 is 11.6 Å². The summed E-state index contributed by atoms with van der Waals surface area (Å²) in [5.41, 5.74) is 8.83. The summed E-state index contributed by atoms with van der Waals surface area (Å²) in [6.45, 7) is 3.87. The molecular formula is C13H14ClN3. The van der Waals surface area contributed by atoms with Crippen LogP contribution in [0.5, 0.6) is 0 Å². The molecule has 0 atom stereocenters. The molecule has 1 heterocycles. The highest BCUT2D eigenvalue weighted by Gasteiger charge is 2.05. The number of rotatable bonds is 2. The Labute approximate surface area is 106 Å². The number of benzene rings is 1. The van der Waals surface area contributed by atoms with E-state index in [4.69, 9.17) is 17.3 Å². The van der Waals surface area contributed by atoms with Crippen LogP contribution in [0.2, 0.25) is 5.02 Å². The Morgan fingerprint density at radius 1 is 1.12 bits per heavy atom. The van der Waals surface area contributed by atoms with Crippen LogP contribution in [0.25, 0.3) is 0 Å². The number of aryl methyl sites for hydroxylation is 1. The van der Waals surface area contributed by atoms with Crippen molar-refractivity contribution in [2.45, 2.75) is 20.3 Å². The third-order valence-corrected chi connectivity index (χ3v) is 3.00. The van der Waals surface area contributed by atoms with Gasteiger partial charge in [-0.1, -0.05) is 23.7 Å². The summed E-state index contributed by atoms with van der Waals surface area (Å²) in [7, 11) is 0. The number of halogens is 1. The predicted octanol–water partition coefficient (Wildman–Crippen LogP) is 2.92. The van der Waals surface area contributed by atoms with Crippen LogP contribution in [0, 0.1) is 13.8 Å². The van der Waals surface area contributed by atoms with E-state index in [1.807, 2.05) is 38.1 Å². The molecule has 0 unspecified atom stereocenters. The van der Waals surface area contributed by atoms with Crippen LogP contribution in [0.1, 0.15) is 22.6 Å². The number of nitrogens with two attached hydrogens (primary N) is 1. The van der Waals surface area contributed by atoms with Crippen molar-refractivity contribution >= 4 is 17.4 Å². The third kappa shape index (κ3) is 2.74. The number of anilines is 1. The first-order chi connectivity index (χ1) is 8.06. The number of aromatic nitrogens is 2. The van der Waals surface area contributed by atoms with Crippen LogP contribution in [-0.4, -0.2) is 9.97 Å². The second-order valence-corrected chi connectivity index (χ2v) is 4.48. The van der Waals surface area contributed by atoms with Crippen molar-refractivity contribution in [1.29, 1.82) is 0 Å². The Morgan fingerprint density at radius 2 is 1.76 bits per heavy atom. The Bertz CT molecular complexity index is 512. The minimum Gasteiger partial charge on any atom is -0.383 e. The maximum atomic E-state index is 5.83. The molecule has 0 saturated carbocycles. The van der Waals surface area contributed by atoms with Crippen molar-refractivity contribution in [3.8, 4) is 0 Å². The maximum Gasteiger partial charge on any atom is 0.135 e. The molecule has 0 saturated heterocycles. The lowest BCUT2D eigenvalue weighted by Gasteiger charge is -2.07. The molecule has 0 spiro atoms. The summed E-state index contributed by atoms with van der Waals surface area (Å²) < 4.78 is 0. The second kappa shape index (κ2) is 4.72. The summed E-state index contributed by atoms with van der Waals surface area (Å²) in [5, 5.41) is 0.731. The molecule has 0 aliphatic heterocycles. The number of nitrogens with zero attached hydrogens (tertiary/aromatic N) is 2. The second-order valence-electron chi connectivity index (χ2n) is 4.04. The van der Waals surface area contributed by atoms with Crippen molar-refractivity contribution in [2.24, 2.45) is 0 Å². The van der Waals surface area contributed by atoms with E-state index in [2.05, 4.69) is 9.97 Å². The summed E-state index contributed by atoms with van der Waals surface area (Å²) in [4.78, 5) is 8.71. The van der Waals surface area contributed by atoms with Gasteiger partial charge in [0.1, 0.15) is 11.6 Å². The Hall–Kier alpha value is -1.61. The Morgan fingerprint density at radius 3 is 2.35 bits per heavy atom. The van der Waals surface area contributed by atoms with Gasteiger partial charge in [0, 0.05) is 22.7 Å². The van der Waals surface area contributed by atoms with Crippen molar-refractivity contribution in [3.63, 3.8) is 0 Å².